The standard InChI is InChI=1S/C31H49NO5.C23H37NO3/c1-20-12-10-8-6-5-7-9-11-13-23(29(37-21(2)33)25(34)17-16-22-14-15-22)18-26(35)28-27-24(31(27,3)4)19-32(28)30(20)36;1-16-11-9-7-5-4-6-8-10-12-17(15-25)13-19(26)21-20-18(23(20,2)3)14-24(21)22(16)27/h20,22-24,27-29H,5-19H2,1-4H3;15-18,20-21H,4-14H2,1-3H3/t20-,23+,24-,27-,28+,29?;16-,17+,18-,20-,21+/m00/s1. The zero-order valence-electron chi connectivity index (χ0n) is 41.1. The Morgan fingerprint density at radius 2 is 1.05 bits per heavy atom. The maximum atomic E-state index is 14.0. The van der Waals surface area contributed by atoms with Gasteiger partial charge in [0.15, 0.2) is 23.5 Å². The Labute approximate surface area is 386 Å². The van der Waals surface area contributed by atoms with Gasteiger partial charge in [-0.3, -0.25) is 28.8 Å². The molecule has 64 heavy (non-hydrogen) atoms. The van der Waals surface area contributed by atoms with Gasteiger partial charge in [-0.1, -0.05) is 144 Å². The largest absolute Gasteiger partial charge is 0.454 e. The summed E-state index contributed by atoms with van der Waals surface area (Å²) in [7, 11) is 0. The second-order valence-corrected chi connectivity index (χ2v) is 23.2. The molecular formula is C54H86N2O8. The van der Waals surface area contributed by atoms with E-state index in [9.17, 15) is 33.6 Å². The summed E-state index contributed by atoms with van der Waals surface area (Å²) in [6.45, 7) is 15.6. The molecule has 360 valence electrons. The maximum Gasteiger partial charge on any atom is 0.303 e. The molecule has 0 aromatic heterocycles. The minimum Gasteiger partial charge on any atom is -0.454 e. The normalized spacial score (nSPS) is 35.7. The number of carbonyl (C=O) groups excluding carboxylic acids is 7. The van der Waals surface area contributed by atoms with Crippen LogP contribution in [0.5, 0.6) is 0 Å². The summed E-state index contributed by atoms with van der Waals surface area (Å²) in [5, 5.41) is 0. The van der Waals surface area contributed by atoms with Crippen molar-refractivity contribution in [1.29, 1.82) is 0 Å². The summed E-state index contributed by atoms with van der Waals surface area (Å²) in [6, 6.07) is -0.708. The Kier molecular flexibility index (Phi) is 17.6. The van der Waals surface area contributed by atoms with E-state index in [1.165, 1.54) is 58.3 Å². The topological polar surface area (TPSA) is 135 Å². The highest BCUT2D eigenvalue weighted by atomic mass is 16.5. The van der Waals surface area contributed by atoms with Crippen LogP contribution in [0.4, 0.5) is 0 Å². The van der Waals surface area contributed by atoms with Gasteiger partial charge in [-0.25, -0.2) is 0 Å². The van der Waals surface area contributed by atoms with E-state index in [2.05, 4.69) is 27.7 Å². The lowest BCUT2D eigenvalue weighted by molar-refractivity contribution is -0.158. The van der Waals surface area contributed by atoms with Crippen LogP contribution < -0.4 is 0 Å². The third kappa shape index (κ3) is 12.3. The van der Waals surface area contributed by atoms with Crippen molar-refractivity contribution in [2.75, 3.05) is 13.1 Å². The molecule has 0 aromatic rings. The molecule has 0 spiro atoms. The van der Waals surface area contributed by atoms with Crippen LogP contribution in [0.2, 0.25) is 0 Å². The molecule has 11 atom stereocenters. The van der Waals surface area contributed by atoms with Crippen molar-refractivity contribution in [3.63, 3.8) is 0 Å². The van der Waals surface area contributed by atoms with Gasteiger partial charge in [-0.15, -0.1) is 0 Å². The number of carbonyl (C=O) groups is 7. The minimum absolute atomic E-state index is 0.00399. The van der Waals surface area contributed by atoms with Gasteiger partial charge in [0, 0.05) is 62.9 Å². The average molecular weight is 891 g/mol. The molecule has 4 saturated heterocycles. The molecule has 0 radical (unpaired) electrons. The van der Waals surface area contributed by atoms with Crippen molar-refractivity contribution < 1.29 is 38.3 Å². The first-order valence-corrected chi connectivity index (χ1v) is 26.3. The number of esters is 1. The molecule has 3 aliphatic carbocycles. The molecule has 7 fully saturated rings. The zero-order valence-corrected chi connectivity index (χ0v) is 41.1. The second-order valence-electron chi connectivity index (χ2n) is 23.2. The lowest BCUT2D eigenvalue weighted by atomic mass is 9.83. The van der Waals surface area contributed by atoms with Crippen molar-refractivity contribution in [3.8, 4) is 0 Å². The molecule has 0 N–H and O–H groups in total. The van der Waals surface area contributed by atoms with Crippen molar-refractivity contribution in [2.45, 2.75) is 221 Å². The van der Waals surface area contributed by atoms with E-state index in [4.69, 9.17) is 4.74 Å². The Bertz CT molecular complexity index is 1670. The van der Waals surface area contributed by atoms with E-state index in [-0.39, 0.29) is 88.0 Å². The van der Waals surface area contributed by atoms with Crippen LogP contribution in [0.15, 0.2) is 0 Å². The lowest BCUT2D eigenvalue weighted by Gasteiger charge is -2.34. The lowest BCUT2D eigenvalue weighted by Crippen LogP contribution is -2.48. The highest BCUT2D eigenvalue weighted by Gasteiger charge is 2.70. The summed E-state index contributed by atoms with van der Waals surface area (Å²) in [6.07, 6.45) is 23.4. The predicted octanol–water partition coefficient (Wildman–Crippen LogP) is 10.3. The molecule has 7 rings (SSSR count). The van der Waals surface area contributed by atoms with E-state index in [0.717, 1.165) is 89.9 Å². The van der Waals surface area contributed by atoms with Gasteiger partial charge in [-0.2, -0.15) is 0 Å². The second kappa shape index (κ2) is 22.3. The van der Waals surface area contributed by atoms with Gasteiger partial charge in [0.25, 0.3) is 0 Å². The molecular weight excluding hydrogens is 805 g/mol. The van der Waals surface area contributed by atoms with Crippen LogP contribution in [0.1, 0.15) is 203 Å². The SMILES string of the molecule is CC(=O)OC(C(=O)CCC1CC1)[C@@H]1CCCCCCCCC[C@H](C)C(=O)N2C[C@H]3[C@@H]([C@H]2C(=O)C1)C3(C)C.C[C@H]1CCCCCCCCC[C@@H](C=O)CC(=O)[C@@H]2[C@@H]3[C@H](CN2C1=O)C3(C)C. The van der Waals surface area contributed by atoms with Crippen LogP contribution in [0, 0.1) is 64.1 Å². The summed E-state index contributed by atoms with van der Waals surface area (Å²) < 4.78 is 5.66. The van der Waals surface area contributed by atoms with Crippen LogP contribution in [0.3, 0.4) is 0 Å². The number of rotatable bonds is 7. The van der Waals surface area contributed by atoms with Gasteiger partial charge < -0.3 is 19.3 Å². The molecule has 4 heterocycles. The Morgan fingerprint density at radius 1 is 0.625 bits per heavy atom. The van der Waals surface area contributed by atoms with E-state index in [1.54, 1.807) is 0 Å². The molecule has 0 aromatic carbocycles. The van der Waals surface area contributed by atoms with Gasteiger partial charge in [0.2, 0.25) is 11.8 Å². The van der Waals surface area contributed by atoms with Crippen LogP contribution in [-0.4, -0.2) is 82.5 Å². The Morgan fingerprint density at radius 3 is 1.48 bits per heavy atom. The summed E-state index contributed by atoms with van der Waals surface area (Å²) >= 11 is 0. The van der Waals surface area contributed by atoms with Gasteiger partial charge >= 0.3 is 5.97 Å². The number of piperidine rings is 2. The Balaban J connectivity index is 0.000000223. The number of hydrogen-bond acceptors (Lipinski definition) is 8. The molecule has 4 aliphatic heterocycles. The number of Topliss-reactive ketones (excluding diaryl/α,β-unsaturated/α-hetero) is 3. The van der Waals surface area contributed by atoms with Gasteiger partial charge in [0.05, 0.1) is 12.1 Å². The van der Waals surface area contributed by atoms with Gasteiger partial charge in [0.1, 0.15) is 6.29 Å². The molecule has 10 heteroatoms. The summed E-state index contributed by atoms with van der Waals surface area (Å²) in [5.41, 5.74) is 0.212. The van der Waals surface area contributed by atoms with Crippen LogP contribution in [0.25, 0.3) is 0 Å². The number of fused-ring (bicyclic) bond motifs is 6. The molecule has 1 unspecified atom stereocenters. The van der Waals surface area contributed by atoms with Gasteiger partial charge in [-0.05, 0) is 72.5 Å². The predicted molar refractivity (Wildman–Crippen MR) is 249 cm³/mol. The highest BCUT2D eigenvalue weighted by molar-refractivity contribution is 5.94. The van der Waals surface area contributed by atoms with Crippen molar-refractivity contribution in [3.05, 3.63) is 0 Å². The number of amides is 2. The van der Waals surface area contributed by atoms with E-state index < -0.39 is 18.1 Å². The molecule has 0 bridgehead atoms. The summed E-state index contributed by atoms with van der Waals surface area (Å²) in [4.78, 5) is 94.5. The van der Waals surface area contributed by atoms with E-state index >= 15 is 0 Å². The Hall–Kier alpha value is -2.91. The fraction of sp³-hybridized carbons (Fsp3) is 0.870. The first kappa shape index (κ1) is 50.5. The quantitative estimate of drug-likeness (QED) is 0.182. The highest BCUT2D eigenvalue weighted by Crippen LogP contribution is 2.66. The fourth-order valence-electron chi connectivity index (χ4n) is 12.9. The first-order valence-electron chi connectivity index (χ1n) is 26.3. The number of ketones is 3. The van der Waals surface area contributed by atoms with E-state index in [0.29, 0.717) is 43.6 Å². The van der Waals surface area contributed by atoms with Crippen LogP contribution in [-0.2, 0) is 38.3 Å². The summed E-state index contributed by atoms with van der Waals surface area (Å²) in [5.74, 6) is 1.29. The monoisotopic (exact) mass is 891 g/mol. The smallest absolute Gasteiger partial charge is 0.303 e. The minimum atomic E-state index is -0.855. The van der Waals surface area contributed by atoms with Crippen LogP contribution >= 0.6 is 0 Å². The van der Waals surface area contributed by atoms with Crippen molar-refractivity contribution in [2.24, 2.45) is 64.1 Å². The molecule has 7 aliphatic rings. The third-order valence-corrected chi connectivity index (χ3v) is 17.6. The fourth-order valence-corrected chi connectivity index (χ4v) is 12.9. The first-order chi connectivity index (χ1) is 30.5. The number of hydrogen-bond donors (Lipinski definition) is 0. The maximum absolute atomic E-state index is 14.0. The average Bonchev–Trinajstić information content (AvgIpc) is 4.14. The van der Waals surface area contributed by atoms with Crippen molar-refractivity contribution in [1.82, 2.24) is 9.80 Å². The molecule has 2 amide bonds. The molecule has 10 nitrogen and oxygen atoms in total. The zero-order chi connectivity index (χ0) is 46.3. The third-order valence-electron chi connectivity index (χ3n) is 17.6. The number of aldehydes is 1. The van der Waals surface area contributed by atoms with E-state index in [1.807, 2.05) is 23.6 Å². The number of ether oxygens (including phenoxy) is 1. The van der Waals surface area contributed by atoms with Crippen molar-refractivity contribution >= 4 is 41.4 Å². The molecule has 3 saturated carbocycles. The number of nitrogens with zero attached hydrogens (tertiary/aromatic N) is 2.